The summed E-state index contributed by atoms with van der Waals surface area (Å²) in [4.78, 5) is 12.3. The van der Waals surface area contributed by atoms with E-state index in [2.05, 4.69) is 47.2 Å². The van der Waals surface area contributed by atoms with E-state index in [1.54, 1.807) is 0 Å². The van der Waals surface area contributed by atoms with E-state index in [4.69, 9.17) is 0 Å². The van der Waals surface area contributed by atoms with Crippen LogP contribution in [0.3, 0.4) is 0 Å². The van der Waals surface area contributed by atoms with Gasteiger partial charge in [-0.25, -0.2) is 0 Å². The van der Waals surface area contributed by atoms with Gasteiger partial charge in [0, 0.05) is 5.38 Å². The minimum Gasteiger partial charge on any atom is -0.345 e. The second-order valence-corrected chi connectivity index (χ2v) is 7.50. The molecule has 0 aliphatic heterocycles. The Hall–Kier alpha value is -1.13. The molecule has 2 aromatic rings. The molecule has 2 rings (SSSR count). The molecule has 1 N–H and O–H groups in total. The highest BCUT2D eigenvalue weighted by atomic mass is 79.9. The molecular weight excluding hydrogens is 334 g/mol. The third-order valence-corrected chi connectivity index (χ3v) is 4.55. The summed E-state index contributed by atoms with van der Waals surface area (Å²) in [5, 5.41) is 5.01. The zero-order valence-electron chi connectivity index (χ0n) is 11.6. The van der Waals surface area contributed by atoms with Crippen LogP contribution < -0.4 is 5.32 Å². The van der Waals surface area contributed by atoms with Gasteiger partial charge in [0.1, 0.15) is 0 Å². The van der Waals surface area contributed by atoms with Crippen molar-refractivity contribution in [1.82, 2.24) is 5.32 Å². The Morgan fingerprint density at radius 1 is 1.30 bits per heavy atom. The molecule has 1 heterocycles. The fourth-order valence-corrected chi connectivity index (χ4v) is 3.24. The maximum absolute atomic E-state index is 12.3. The van der Waals surface area contributed by atoms with Crippen molar-refractivity contribution in [1.29, 1.82) is 0 Å². The predicted octanol–water partition coefficient (Wildman–Crippen LogP) is 5.03. The molecule has 0 aliphatic rings. The Bertz CT molecular complexity index is 565. The summed E-state index contributed by atoms with van der Waals surface area (Å²) in [5.41, 5.74) is 1.87. The standard InChI is InChI=1S/C16H18BrNOS/c1-11(2)8-14(12-6-4-3-5-7-12)18-16(19)13-9-15(17)20-10-13/h3-7,9-11,14H,8H2,1-2H3,(H,18,19). The van der Waals surface area contributed by atoms with E-state index in [1.165, 1.54) is 11.3 Å². The lowest BCUT2D eigenvalue weighted by molar-refractivity contribution is 0.0932. The molecule has 1 unspecified atom stereocenters. The number of halogens is 1. The van der Waals surface area contributed by atoms with Gasteiger partial charge in [0.2, 0.25) is 0 Å². The van der Waals surface area contributed by atoms with Gasteiger partial charge in [0.25, 0.3) is 5.91 Å². The summed E-state index contributed by atoms with van der Waals surface area (Å²) < 4.78 is 0.975. The van der Waals surface area contributed by atoms with Crippen molar-refractivity contribution in [2.75, 3.05) is 0 Å². The number of thiophene rings is 1. The molecule has 106 valence electrons. The Labute approximate surface area is 132 Å². The summed E-state index contributed by atoms with van der Waals surface area (Å²) in [7, 11) is 0. The lowest BCUT2D eigenvalue weighted by atomic mass is 9.97. The molecule has 0 radical (unpaired) electrons. The smallest absolute Gasteiger partial charge is 0.252 e. The van der Waals surface area contributed by atoms with Crippen LogP contribution in [0.5, 0.6) is 0 Å². The molecule has 1 atom stereocenters. The molecule has 0 aliphatic carbocycles. The zero-order valence-corrected chi connectivity index (χ0v) is 14.0. The molecule has 0 bridgehead atoms. The molecule has 0 saturated heterocycles. The summed E-state index contributed by atoms with van der Waals surface area (Å²) in [5.74, 6) is 0.510. The maximum atomic E-state index is 12.3. The van der Waals surface area contributed by atoms with Crippen LogP contribution in [0.4, 0.5) is 0 Å². The molecule has 1 aromatic carbocycles. The lowest BCUT2D eigenvalue weighted by Crippen LogP contribution is -2.29. The Balaban J connectivity index is 2.14. The summed E-state index contributed by atoms with van der Waals surface area (Å²) >= 11 is 4.92. The Morgan fingerprint density at radius 2 is 2.00 bits per heavy atom. The van der Waals surface area contributed by atoms with Gasteiger partial charge in [-0.1, -0.05) is 44.2 Å². The number of rotatable bonds is 5. The first-order valence-corrected chi connectivity index (χ1v) is 8.33. The van der Waals surface area contributed by atoms with Gasteiger partial charge in [0.15, 0.2) is 0 Å². The van der Waals surface area contributed by atoms with Gasteiger partial charge in [-0.2, -0.15) is 0 Å². The van der Waals surface area contributed by atoms with Gasteiger partial charge >= 0.3 is 0 Å². The second kappa shape index (κ2) is 7.04. The number of hydrogen-bond acceptors (Lipinski definition) is 2. The van der Waals surface area contributed by atoms with Crippen LogP contribution in [-0.4, -0.2) is 5.91 Å². The van der Waals surface area contributed by atoms with Crippen LogP contribution in [0.25, 0.3) is 0 Å². The molecule has 4 heteroatoms. The number of nitrogens with one attached hydrogen (secondary N) is 1. The van der Waals surface area contributed by atoms with E-state index in [0.29, 0.717) is 11.5 Å². The predicted molar refractivity (Wildman–Crippen MR) is 88.1 cm³/mol. The minimum atomic E-state index is -0.0125. The first-order valence-electron chi connectivity index (χ1n) is 6.66. The van der Waals surface area contributed by atoms with Crippen molar-refractivity contribution in [2.24, 2.45) is 5.92 Å². The number of carbonyl (C=O) groups is 1. The quantitative estimate of drug-likeness (QED) is 0.804. The average Bonchev–Trinajstić information content (AvgIpc) is 2.85. The first kappa shape index (κ1) is 15.3. The van der Waals surface area contributed by atoms with Crippen LogP contribution in [0.15, 0.2) is 45.6 Å². The van der Waals surface area contributed by atoms with Crippen LogP contribution in [0.2, 0.25) is 0 Å². The molecule has 20 heavy (non-hydrogen) atoms. The van der Waals surface area contributed by atoms with Gasteiger partial charge in [-0.3, -0.25) is 4.79 Å². The van der Waals surface area contributed by atoms with Gasteiger partial charge in [0.05, 0.1) is 15.4 Å². The fourth-order valence-electron chi connectivity index (χ4n) is 2.11. The SMILES string of the molecule is CC(C)CC(NC(=O)c1csc(Br)c1)c1ccccc1. The van der Waals surface area contributed by atoms with E-state index in [0.717, 1.165) is 15.8 Å². The van der Waals surface area contributed by atoms with Crippen LogP contribution >= 0.6 is 27.3 Å². The highest BCUT2D eigenvalue weighted by Gasteiger charge is 2.17. The largest absolute Gasteiger partial charge is 0.345 e. The van der Waals surface area contributed by atoms with E-state index in [9.17, 15) is 4.79 Å². The van der Waals surface area contributed by atoms with Crippen molar-refractivity contribution >= 4 is 33.2 Å². The Morgan fingerprint density at radius 3 is 2.55 bits per heavy atom. The third-order valence-electron chi connectivity index (χ3n) is 3.04. The van der Waals surface area contributed by atoms with Crippen molar-refractivity contribution in [2.45, 2.75) is 26.3 Å². The third kappa shape index (κ3) is 4.18. The fraction of sp³-hybridized carbons (Fsp3) is 0.312. The molecule has 0 fully saturated rings. The van der Waals surface area contributed by atoms with Crippen molar-refractivity contribution in [3.63, 3.8) is 0 Å². The molecular formula is C16H18BrNOS. The highest BCUT2D eigenvalue weighted by molar-refractivity contribution is 9.11. The monoisotopic (exact) mass is 351 g/mol. The summed E-state index contributed by atoms with van der Waals surface area (Å²) in [6.07, 6.45) is 0.932. The highest BCUT2D eigenvalue weighted by Crippen LogP contribution is 2.24. The van der Waals surface area contributed by atoms with Gasteiger partial charge in [-0.15, -0.1) is 11.3 Å². The first-order chi connectivity index (χ1) is 9.56. The Kier molecular flexibility index (Phi) is 5.38. The summed E-state index contributed by atoms with van der Waals surface area (Å²) in [6, 6.07) is 12.1. The second-order valence-electron chi connectivity index (χ2n) is 5.21. The van der Waals surface area contributed by atoms with E-state index >= 15 is 0 Å². The van der Waals surface area contributed by atoms with Crippen molar-refractivity contribution in [3.05, 3.63) is 56.7 Å². The van der Waals surface area contributed by atoms with E-state index < -0.39 is 0 Å². The molecule has 2 nitrogen and oxygen atoms in total. The van der Waals surface area contributed by atoms with Crippen LogP contribution in [-0.2, 0) is 0 Å². The summed E-state index contributed by atoms with van der Waals surface area (Å²) in [6.45, 7) is 4.34. The number of amides is 1. The van der Waals surface area contributed by atoms with Crippen LogP contribution in [0, 0.1) is 5.92 Å². The average molecular weight is 352 g/mol. The topological polar surface area (TPSA) is 29.1 Å². The maximum Gasteiger partial charge on any atom is 0.252 e. The number of hydrogen-bond donors (Lipinski definition) is 1. The molecule has 1 amide bonds. The number of carbonyl (C=O) groups excluding carboxylic acids is 1. The number of benzene rings is 1. The van der Waals surface area contributed by atoms with Crippen LogP contribution in [0.1, 0.15) is 42.2 Å². The van der Waals surface area contributed by atoms with E-state index in [-0.39, 0.29) is 11.9 Å². The van der Waals surface area contributed by atoms with Crippen molar-refractivity contribution in [3.8, 4) is 0 Å². The van der Waals surface area contributed by atoms with Crippen molar-refractivity contribution < 1.29 is 4.79 Å². The molecule has 0 saturated carbocycles. The normalized spacial score (nSPS) is 12.4. The minimum absolute atomic E-state index is 0.0125. The molecule has 0 spiro atoms. The van der Waals surface area contributed by atoms with E-state index in [1.807, 2.05) is 29.6 Å². The molecule has 1 aromatic heterocycles. The zero-order chi connectivity index (χ0) is 14.5. The van der Waals surface area contributed by atoms with Gasteiger partial charge in [-0.05, 0) is 39.9 Å². The lowest BCUT2D eigenvalue weighted by Gasteiger charge is -2.21. The van der Waals surface area contributed by atoms with Gasteiger partial charge < -0.3 is 5.32 Å².